The van der Waals surface area contributed by atoms with E-state index in [1.54, 1.807) is 18.2 Å². The molecule has 0 unspecified atom stereocenters. The van der Waals surface area contributed by atoms with Crippen molar-refractivity contribution >= 4 is 40.8 Å². The predicted octanol–water partition coefficient (Wildman–Crippen LogP) is 2.09. The summed E-state index contributed by atoms with van der Waals surface area (Å²) in [5.41, 5.74) is 2.23. The Hall–Kier alpha value is -3.06. The van der Waals surface area contributed by atoms with E-state index in [0.717, 1.165) is 11.3 Å². The maximum atomic E-state index is 12.5. The molecule has 144 valence electrons. The van der Waals surface area contributed by atoms with Crippen molar-refractivity contribution in [2.45, 2.75) is 6.42 Å². The molecule has 1 fully saturated rings. The van der Waals surface area contributed by atoms with Crippen LogP contribution in [0.3, 0.4) is 0 Å². The fourth-order valence-corrected chi connectivity index (χ4v) is 3.46. The van der Waals surface area contributed by atoms with Crippen LogP contribution in [-0.4, -0.2) is 48.9 Å². The van der Waals surface area contributed by atoms with Gasteiger partial charge in [0.05, 0.1) is 6.42 Å². The largest absolute Gasteiger partial charge is 0.426 e. The van der Waals surface area contributed by atoms with Gasteiger partial charge in [0, 0.05) is 54.2 Å². The average molecular weight is 400 g/mol. The van der Waals surface area contributed by atoms with Crippen molar-refractivity contribution in [3.05, 3.63) is 53.1 Å². The maximum Gasteiger partial charge on any atom is 0.315 e. The van der Waals surface area contributed by atoms with Crippen molar-refractivity contribution < 1.29 is 19.1 Å². The smallest absolute Gasteiger partial charge is 0.315 e. The number of rotatable bonds is 2. The van der Waals surface area contributed by atoms with Crippen molar-refractivity contribution in [2.24, 2.45) is 0 Å². The van der Waals surface area contributed by atoms with Gasteiger partial charge in [-0.25, -0.2) is 0 Å². The van der Waals surface area contributed by atoms with Crippen LogP contribution >= 0.6 is 11.6 Å². The normalized spacial score (nSPS) is 15.8. The summed E-state index contributed by atoms with van der Waals surface area (Å²) in [6.07, 6.45) is 0.223. The van der Waals surface area contributed by atoms with Crippen LogP contribution in [0.4, 0.5) is 11.4 Å². The zero-order valence-electron chi connectivity index (χ0n) is 15.0. The fraction of sp³-hybridized carbons (Fsp3) is 0.250. The molecule has 0 radical (unpaired) electrons. The highest BCUT2D eigenvalue weighted by molar-refractivity contribution is 6.39. The van der Waals surface area contributed by atoms with E-state index in [0.29, 0.717) is 42.6 Å². The average Bonchev–Trinajstić information content (AvgIpc) is 3.07. The second-order valence-electron chi connectivity index (χ2n) is 6.68. The van der Waals surface area contributed by atoms with Crippen LogP contribution in [0.1, 0.15) is 5.56 Å². The Labute approximate surface area is 166 Å². The molecule has 2 aromatic carbocycles. The van der Waals surface area contributed by atoms with Crippen molar-refractivity contribution in [2.75, 3.05) is 36.4 Å². The quantitative estimate of drug-likeness (QED) is 0.475. The zero-order valence-corrected chi connectivity index (χ0v) is 15.7. The van der Waals surface area contributed by atoms with Crippen LogP contribution in [-0.2, 0) is 20.8 Å². The number of anilines is 2. The molecule has 28 heavy (non-hydrogen) atoms. The van der Waals surface area contributed by atoms with Crippen molar-refractivity contribution in [3.8, 4) is 5.75 Å². The van der Waals surface area contributed by atoms with Gasteiger partial charge in [0.25, 0.3) is 0 Å². The highest BCUT2D eigenvalue weighted by Gasteiger charge is 2.27. The number of benzene rings is 2. The van der Waals surface area contributed by atoms with Gasteiger partial charge in [-0.15, -0.1) is 0 Å². The summed E-state index contributed by atoms with van der Waals surface area (Å²) in [5, 5.41) is 3.26. The van der Waals surface area contributed by atoms with Gasteiger partial charge in [-0.05, 0) is 30.3 Å². The van der Waals surface area contributed by atoms with E-state index in [2.05, 4.69) is 10.2 Å². The molecule has 0 atom stereocenters. The van der Waals surface area contributed by atoms with E-state index < -0.39 is 11.8 Å². The Morgan fingerprint density at radius 2 is 1.71 bits per heavy atom. The van der Waals surface area contributed by atoms with E-state index in [1.165, 1.54) is 4.90 Å². The summed E-state index contributed by atoms with van der Waals surface area (Å²) < 4.78 is 5.07. The summed E-state index contributed by atoms with van der Waals surface area (Å²) >= 11 is 5.91. The van der Waals surface area contributed by atoms with Crippen LogP contribution in [0, 0.1) is 0 Å². The molecule has 2 aliphatic heterocycles. The van der Waals surface area contributed by atoms with Gasteiger partial charge in [-0.1, -0.05) is 17.7 Å². The molecule has 2 heterocycles. The molecule has 0 saturated carbocycles. The number of carbonyl (C=O) groups excluding carboxylic acids is 3. The van der Waals surface area contributed by atoms with Gasteiger partial charge >= 0.3 is 17.8 Å². The third kappa shape index (κ3) is 3.80. The van der Waals surface area contributed by atoms with Crippen LogP contribution in [0.2, 0.25) is 5.02 Å². The molecule has 0 aliphatic carbocycles. The fourth-order valence-electron chi connectivity index (χ4n) is 3.34. The lowest BCUT2D eigenvalue weighted by molar-refractivity contribution is -0.143. The van der Waals surface area contributed by atoms with Gasteiger partial charge in [-0.2, -0.15) is 0 Å². The number of piperazine rings is 1. The number of nitrogens with one attached hydrogen (secondary N) is 1. The summed E-state index contributed by atoms with van der Waals surface area (Å²) in [6.45, 7) is 2.18. The summed E-state index contributed by atoms with van der Waals surface area (Å²) in [5.74, 6) is -1.18. The van der Waals surface area contributed by atoms with Crippen molar-refractivity contribution in [1.82, 2.24) is 4.90 Å². The number of nitrogens with zero attached hydrogens (tertiary/aromatic N) is 2. The minimum absolute atomic E-state index is 0.223. The Bertz CT molecular complexity index is 937. The standard InChI is InChI=1S/C20H18ClN3O4/c21-14-2-5-16(6-3-14)23-7-9-24(10-8-23)20(27)19(26)22-15-4-1-13-11-18(25)28-17(13)12-15/h1-6,12H,7-11H2,(H,22,26). The summed E-state index contributed by atoms with van der Waals surface area (Å²) in [7, 11) is 0. The molecule has 0 bridgehead atoms. The minimum atomic E-state index is -0.704. The van der Waals surface area contributed by atoms with Crippen molar-refractivity contribution in [1.29, 1.82) is 0 Å². The molecule has 0 aromatic heterocycles. The van der Waals surface area contributed by atoms with Crippen molar-refractivity contribution in [3.63, 3.8) is 0 Å². The Balaban J connectivity index is 1.34. The minimum Gasteiger partial charge on any atom is -0.426 e. The molecule has 2 aliphatic rings. The molecular weight excluding hydrogens is 382 g/mol. The van der Waals surface area contributed by atoms with Gasteiger partial charge in [0.1, 0.15) is 5.75 Å². The first-order valence-electron chi connectivity index (χ1n) is 8.94. The topological polar surface area (TPSA) is 79.0 Å². The van der Waals surface area contributed by atoms with E-state index >= 15 is 0 Å². The van der Waals surface area contributed by atoms with E-state index in [-0.39, 0.29) is 12.4 Å². The predicted molar refractivity (Wildman–Crippen MR) is 105 cm³/mol. The van der Waals surface area contributed by atoms with E-state index in [4.69, 9.17) is 16.3 Å². The van der Waals surface area contributed by atoms with Crippen LogP contribution < -0.4 is 15.0 Å². The lowest BCUT2D eigenvalue weighted by Crippen LogP contribution is -2.51. The monoisotopic (exact) mass is 399 g/mol. The highest BCUT2D eigenvalue weighted by Crippen LogP contribution is 2.29. The first-order chi connectivity index (χ1) is 13.5. The number of halogens is 1. The van der Waals surface area contributed by atoms with E-state index in [1.807, 2.05) is 24.3 Å². The van der Waals surface area contributed by atoms with E-state index in [9.17, 15) is 14.4 Å². The zero-order chi connectivity index (χ0) is 19.7. The second kappa shape index (κ2) is 7.52. The number of carbonyl (C=O) groups is 3. The Kier molecular flexibility index (Phi) is 4.92. The first kappa shape index (κ1) is 18.3. The number of hydrogen-bond donors (Lipinski definition) is 1. The van der Waals surface area contributed by atoms with Crippen LogP contribution in [0.25, 0.3) is 0 Å². The number of amides is 2. The highest BCUT2D eigenvalue weighted by atomic mass is 35.5. The third-order valence-electron chi connectivity index (χ3n) is 4.84. The molecule has 2 aromatic rings. The molecule has 0 spiro atoms. The second-order valence-corrected chi connectivity index (χ2v) is 7.12. The molecular formula is C20H18ClN3O4. The number of esters is 1. The Morgan fingerprint density at radius 3 is 2.43 bits per heavy atom. The lowest BCUT2D eigenvalue weighted by Gasteiger charge is -2.35. The molecule has 8 heteroatoms. The number of fused-ring (bicyclic) bond motifs is 1. The Morgan fingerprint density at radius 1 is 1.00 bits per heavy atom. The molecule has 1 N–H and O–H groups in total. The lowest BCUT2D eigenvalue weighted by atomic mass is 10.1. The maximum absolute atomic E-state index is 12.5. The first-order valence-corrected chi connectivity index (χ1v) is 9.32. The third-order valence-corrected chi connectivity index (χ3v) is 5.09. The summed E-state index contributed by atoms with van der Waals surface area (Å²) in [4.78, 5) is 39.8. The SMILES string of the molecule is O=C1Cc2ccc(NC(=O)C(=O)N3CCN(c4ccc(Cl)cc4)CC3)cc2O1. The van der Waals surface area contributed by atoms with Crippen LogP contribution in [0.5, 0.6) is 5.75 Å². The number of hydrogen-bond acceptors (Lipinski definition) is 5. The van der Waals surface area contributed by atoms with Gasteiger partial charge in [0.2, 0.25) is 0 Å². The summed E-state index contributed by atoms with van der Waals surface area (Å²) in [6, 6.07) is 12.5. The molecule has 7 nitrogen and oxygen atoms in total. The molecule has 4 rings (SSSR count). The van der Waals surface area contributed by atoms with Crippen LogP contribution in [0.15, 0.2) is 42.5 Å². The molecule has 2 amide bonds. The molecule has 1 saturated heterocycles. The van der Waals surface area contributed by atoms with Gasteiger partial charge in [-0.3, -0.25) is 14.4 Å². The van der Waals surface area contributed by atoms with Gasteiger partial charge in [0.15, 0.2) is 0 Å². The van der Waals surface area contributed by atoms with Gasteiger partial charge < -0.3 is 19.9 Å². The number of ether oxygens (including phenoxy) is 1.